The highest BCUT2D eigenvalue weighted by Crippen LogP contribution is 2.28. The summed E-state index contributed by atoms with van der Waals surface area (Å²) in [6.07, 6.45) is 1.70. The number of carbonyl (C=O) groups excluding carboxylic acids is 1. The van der Waals surface area contributed by atoms with E-state index < -0.39 is 0 Å². The molecule has 0 spiro atoms. The first-order chi connectivity index (χ1) is 14.9. The molecule has 0 aliphatic carbocycles. The summed E-state index contributed by atoms with van der Waals surface area (Å²) in [5.41, 5.74) is 3.50. The van der Waals surface area contributed by atoms with Crippen molar-refractivity contribution in [1.82, 2.24) is 14.5 Å². The van der Waals surface area contributed by atoms with Crippen LogP contribution in [-0.4, -0.2) is 26.2 Å². The number of anilines is 1. The minimum absolute atomic E-state index is 0.0982. The molecule has 1 aromatic carbocycles. The normalized spacial score (nSPS) is 11.1. The van der Waals surface area contributed by atoms with Crippen molar-refractivity contribution >= 4 is 44.9 Å². The third-order valence-corrected chi connectivity index (χ3v) is 7.05. The number of pyridine rings is 1. The van der Waals surface area contributed by atoms with Gasteiger partial charge in [0, 0.05) is 16.8 Å². The van der Waals surface area contributed by atoms with Crippen LogP contribution in [-0.2, 0) is 11.3 Å². The van der Waals surface area contributed by atoms with Crippen molar-refractivity contribution in [2.24, 2.45) is 0 Å². The van der Waals surface area contributed by atoms with E-state index in [9.17, 15) is 9.59 Å². The summed E-state index contributed by atoms with van der Waals surface area (Å²) >= 11 is 2.77. The molecule has 0 bridgehead atoms. The largest absolute Gasteiger partial charge is 0.325 e. The molecule has 0 radical (unpaired) electrons. The first-order valence-electron chi connectivity index (χ1n) is 9.82. The van der Waals surface area contributed by atoms with E-state index in [1.54, 1.807) is 10.8 Å². The van der Waals surface area contributed by atoms with E-state index in [-0.39, 0.29) is 17.2 Å². The number of benzene rings is 1. The van der Waals surface area contributed by atoms with Gasteiger partial charge in [-0.3, -0.25) is 19.1 Å². The number of hydrogen-bond acceptors (Lipinski definition) is 6. The predicted octanol–water partition coefficient (Wildman–Crippen LogP) is 4.56. The number of nitrogens with one attached hydrogen (secondary N) is 1. The van der Waals surface area contributed by atoms with E-state index in [1.807, 2.05) is 63.2 Å². The first kappa shape index (κ1) is 21.3. The lowest BCUT2D eigenvalue weighted by Gasteiger charge is -2.12. The average Bonchev–Trinajstić information content (AvgIpc) is 3.05. The molecule has 3 heterocycles. The molecule has 0 atom stereocenters. The van der Waals surface area contributed by atoms with Gasteiger partial charge in [0.1, 0.15) is 4.83 Å². The summed E-state index contributed by atoms with van der Waals surface area (Å²) in [6, 6.07) is 13.2. The fourth-order valence-electron chi connectivity index (χ4n) is 3.18. The molecule has 3 aromatic heterocycles. The Hall–Kier alpha value is -2.97. The van der Waals surface area contributed by atoms with Crippen LogP contribution in [0.15, 0.2) is 58.6 Å². The van der Waals surface area contributed by atoms with Gasteiger partial charge >= 0.3 is 0 Å². The summed E-state index contributed by atoms with van der Waals surface area (Å²) in [5, 5.41) is 4.05. The van der Waals surface area contributed by atoms with Gasteiger partial charge < -0.3 is 5.32 Å². The molecule has 0 fully saturated rings. The zero-order chi connectivity index (χ0) is 22.0. The van der Waals surface area contributed by atoms with Crippen LogP contribution in [0.4, 0.5) is 5.69 Å². The van der Waals surface area contributed by atoms with Gasteiger partial charge in [0.15, 0.2) is 5.16 Å². The molecule has 0 saturated heterocycles. The number of nitrogens with zero attached hydrogens (tertiary/aromatic N) is 3. The summed E-state index contributed by atoms with van der Waals surface area (Å²) in [7, 11) is 0. The Morgan fingerprint density at radius 3 is 2.61 bits per heavy atom. The molecule has 4 rings (SSSR count). The number of rotatable bonds is 6. The Balaban J connectivity index is 1.63. The third kappa shape index (κ3) is 4.70. The number of aromatic nitrogens is 3. The van der Waals surface area contributed by atoms with E-state index in [2.05, 4.69) is 10.3 Å². The maximum atomic E-state index is 13.3. The van der Waals surface area contributed by atoms with E-state index in [0.29, 0.717) is 21.9 Å². The van der Waals surface area contributed by atoms with Gasteiger partial charge in [-0.1, -0.05) is 35.5 Å². The van der Waals surface area contributed by atoms with Gasteiger partial charge in [-0.25, -0.2) is 4.98 Å². The minimum atomic E-state index is -0.147. The lowest BCUT2D eigenvalue weighted by molar-refractivity contribution is -0.113. The van der Waals surface area contributed by atoms with Crippen LogP contribution in [0.2, 0.25) is 0 Å². The quantitative estimate of drug-likeness (QED) is 0.344. The monoisotopic (exact) mass is 450 g/mol. The summed E-state index contributed by atoms with van der Waals surface area (Å²) < 4.78 is 1.62. The Kier molecular flexibility index (Phi) is 6.20. The van der Waals surface area contributed by atoms with E-state index in [1.165, 1.54) is 23.1 Å². The summed E-state index contributed by atoms with van der Waals surface area (Å²) in [5.74, 6) is 0.00307. The molecule has 158 valence electrons. The van der Waals surface area contributed by atoms with Crippen LogP contribution in [0.3, 0.4) is 0 Å². The summed E-state index contributed by atoms with van der Waals surface area (Å²) in [6.45, 7) is 6.24. The number of thioether (sulfide) groups is 1. The molecule has 31 heavy (non-hydrogen) atoms. The first-order valence-corrected chi connectivity index (χ1v) is 11.6. The molecule has 0 saturated carbocycles. The van der Waals surface area contributed by atoms with Crippen molar-refractivity contribution in [2.75, 3.05) is 11.1 Å². The van der Waals surface area contributed by atoms with E-state index in [4.69, 9.17) is 4.98 Å². The Morgan fingerprint density at radius 1 is 1.13 bits per heavy atom. The van der Waals surface area contributed by atoms with Gasteiger partial charge in [0.25, 0.3) is 5.56 Å². The van der Waals surface area contributed by atoms with Crippen molar-refractivity contribution in [3.63, 3.8) is 0 Å². The van der Waals surface area contributed by atoms with Gasteiger partial charge in [-0.15, -0.1) is 11.3 Å². The third-order valence-electron chi connectivity index (χ3n) is 4.97. The molecule has 0 aliphatic heterocycles. The van der Waals surface area contributed by atoms with Gasteiger partial charge in [-0.2, -0.15) is 0 Å². The zero-order valence-electron chi connectivity index (χ0n) is 17.5. The predicted molar refractivity (Wildman–Crippen MR) is 127 cm³/mol. The van der Waals surface area contributed by atoms with E-state index >= 15 is 0 Å². The Bertz CT molecular complexity index is 1300. The number of amides is 1. The molecule has 0 unspecified atom stereocenters. The van der Waals surface area contributed by atoms with Crippen LogP contribution in [0.1, 0.15) is 21.7 Å². The maximum Gasteiger partial charge on any atom is 0.263 e. The van der Waals surface area contributed by atoms with Crippen molar-refractivity contribution < 1.29 is 4.79 Å². The molecule has 0 aliphatic rings. The van der Waals surface area contributed by atoms with Crippen LogP contribution in [0, 0.1) is 20.8 Å². The lowest BCUT2D eigenvalue weighted by atomic mass is 10.2. The number of carbonyl (C=O) groups is 1. The number of fused-ring (bicyclic) bond motifs is 1. The van der Waals surface area contributed by atoms with Gasteiger partial charge in [0.05, 0.1) is 23.4 Å². The number of hydrogen-bond donors (Lipinski definition) is 1. The molecular weight excluding hydrogens is 428 g/mol. The van der Waals surface area contributed by atoms with Crippen molar-refractivity contribution in [3.8, 4) is 0 Å². The second-order valence-electron chi connectivity index (χ2n) is 7.27. The van der Waals surface area contributed by atoms with Crippen molar-refractivity contribution in [1.29, 1.82) is 0 Å². The van der Waals surface area contributed by atoms with Crippen molar-refractivity contribution in [3.05, 3.63) is 80.7 Å². The van der Waals surface area contributed by atoms with Gasteiger partial charge in [-0.05, 0) is 50.6 Å². The SMILES string of the molecule is Cc1ccc(NC(=O)CSc2nc3sc(C)c(C)c3c(=O)n2Cc2ccccn2)cc1. The molecular formula is C23H22N4O2S2. The highest BCUT2D eigenvalue weighted by molar-refractivity contribution is 7.99. The fourth-order valence-corrected chi connectivity index (χ4v) is 5.05. The smallest absolute Gasteiger partial charge is 0.263 e. The van der Waals surface area contributed by atoms with Crippen LogP contribution in [0.25, 0.3) is 10.2 Å². The van der Waals surface area contributed by atoms with Gasteiger partial charge in [0.2, 0.25) is 5.91 Å². The summed E-state index contributed by atoms with van der Waals surface area (Å²) in [4.78, 5) is 36.7. The standard InChI is InChI=1S/C23H22N4O2S2/c1-14-7-9-17(10-8-14)25-19(28)13-30-23-26-21-20(15(2)16(3)31-21)22(29)27(23)12-18-6-4-5-11-24-18/h4-11H,12-13H2,1-3H3,(H,25,28). The van der Waals surface area contributed by atoms with Crippen LogP contribution < -0.4 is 10.9 Å². The lowest BCUT2D eigenvalue weighted by Crippen LogP contribution is -2.25. The second-order valence-corrected chi connectivity index (χ2v) is 9.42. The van der Waals surface area contributed by atoms with Crippen LogP contribution in [0.5, 0.6) is 0 Å². The maximum absolute atomic E-state index is 13.3. The molecule has 4 aromatic rings. The minimum Gasteiger partial charge on any atom is -0.325 e. The molecule has 8 heteroatoms. The van der Waals surface area contributed by atoms with Crippen LogP contribution >= 0.6 is 23.1 Å². The number of aryl methyl sites for hydroxylation is 3. The molecule has 1 N–H and O–H groups in total. The second kappa shape index (κ2) is 9.03. The fraction of sp³-hybridized carbons (Fsp3) is 0.217. The Morgan fingerprint density at radius 2 is 1.90 bits per heavy atom. The van der Waals surface area contributed by atoms with E-state index in [0.717, 1.165) is 27.4 Å². The Labute approximate surface area is 188 Å². The molecule has 1 amide bonds. The average molecular weight is 451 g/mol. The highest BCUT2D eigenvalue weighted by Gasteiger charge is 2.18. The molecule has 6 nitrogen and oxygen atoms in total. The topological polar surface area (TPSA) is 76.9 Å². The zero-order valence-corrected chi connectivity index (χ0v) is 19.1. The van der Waals surface area contributed by atoms with Crippen molar-refractivity contribution in [2.45, 2.75) is 32.5 Å². The highest BCUT2D eigenvalue weighted by atomic mass is 32.2. The number of thiophene rings is 1.